The minimum atomic E-state index is 0.0896. The number of carbonyl (C=O) groups is 1. The highest BCUT2D eigenvalue weighted by Gasteiger charge is 2.28. The number of ether oxygens (including phenoxy) is 1. The molecule has 132 valence electrons. The van der Waals surface area contributed by atoms with E-state index in [4.69, 9.17) is 10.5 Å². The SMILES string of the molecule is CC(N)C1CCCN(C(=O)c2ccccc2OC2CCCCC2)C1. The second-order valence-corrected chi connectivity index (χ2v) is 7.39. The molecular formula is C20H30N2O2. The van der Waals surface area contributed by atoms with E-state index in [0.717, 1.165) is 44.5 Å². The number of carbonyl (C=O) groups excluding carboxylic acids is 1. The molecule has 2 atom stereocenters. The molecule has 2 aliphatic rings. The Hall–Kier alpha value is -1.55. The van der Waals surface area contributed by atoms with Crippen LogP contribution in [0.15, 0.2) is 24.3 Å². The van der Waals surface area contributed by atoms with Crippen molar-refractivity contribution in [2.75, 3.05) is 13.1 Å². The van der Waals surface area contributed by atoms with Gasteiger partial charge in [0.25, 0.3) is 5.91 Å². The second-order valence-electron chi connectivity index (χ2n) is 7.39. The van der Waals surface area contributed by atoms with E-state index < -0.39 is 0 Å². The molecule has 0 bridgehead atoms. The minimum absolute atomic E-state index is 0.0896. The molecule has 0 spiro atoms. The van der Waals surface area contributed by atoms with Gasteiger partial charge in [-0.05, 0) is 63.5 Å². The molecule has 1 saturated carbocycles. The summed E-state index contributed by atoms with van der Waals surface area (Å²) in [5, 5.41) is 0. The average Bonchev–Trinajstić information content (AvgIpc) is 2.62. The van der Waals surface area contributed by atoms with Crippen LogP contribution in [0.1, 0.15) is 62.2 Å². The van der Waals surface area contributed by atoms with E-state index in [1.807, 2.05) is 36.1 Å². The molecule has 4 heteroatoms. The predicted octanol–water partition coefficient (Wildman–Crippen LogP) is 3.60. The summed E-state index contributed by atoms with van der Waals surface area (Å²) >= 11 is 0. The third-order valence-electron chi connectivity index (χ3n) is 5.45. The number of amides is 1. The molecule has 1 aromatic carbocycles. The maximum absolute atomic E-state index is 13.0. The van der Waals surface area contributed by atoms with Crippen molar-refractivity contribution in [3.05, 3.63) is 29.8 Å². The zero-order chi connectivity index (χ0) is 16.9. The molecule has 3 rings (SSSR count). The molecule has 1 amide bonds. The number of para-hydroxylation sites is 1. The number of likely N-dealkylation sites (tertiary alicyclic amines) is 1. The molecule has 2 fully saturated rings. The van der Waals surface area contributed by atoms with Crippen LogP contribution in [0.2, 0.25) is 0 Å². The third kappa shape index (κ3) is 4.10. The van der Waals surface area contributed by atoms with Crippen molar-refractivity contribution in [2.45, 2.75) is 64.0 Å². The lowest BCUT2D eigenvalue weighted by atomic mass is 9.92. The first kappa shape index (κ1) is 17.3. The third-order valence-corrected chi connectivity index (χ3v) is 5.45. The number of benzene rings is 1. The number of hydrogen-bond acceptors (Lipinski definition) is 3. The van der Waals surface area contributed by atoms with Crippen molar-refractivity contribution in [1.29, 1.82) is 0 Å². The Morgan fingerprint density at radius 3 is 2.67 bits per heavy atom. The molecular weight excluding hydrogens is 300 g/mol. The first-order valence-corrected chi connectivity index (χ1v) is 9.45. The fourth-order valence-electron chi connectivity index (χ4n) is 3.90. The fourth-order valence-corrected chi connectivity index (χ4v) is 3.90. The molecule has 2 N–H and O–H groups in total. The van der Waals surface area contributed by atoms with Gasteiger partial charge in [-0.3, -0.25) is 4.79 Å². The van der Waals surface area contributed by atoms with Gasteiger partial charge in [0, 0.05) is 19.1 Å². The second kappa shape index (κ2) is 8.02. The van der Waals surface area contributed by atoms with Crippen molar-refractivity contribution in [1.82, 2.24) is 4.90 Å². The normalized spacial score (nSPS) is 23.8. The lowest BCUT2D eigenvalue weighted by Gasteiger charge is -2.35. The lowest BCUT2D eigenvalue weighted by molar-refractivity contribution is 0.0651. The molecule has 4 nitrogen and oxygen atoms in total. The smallest absolute Gasteiger partial charge is 0.257 e. The van der Waals surface area contributed by atoms with Gasteiger partial charge in [0.15, 0.2) is 0 Å². The first-order chi connectivity index (χ1) is 11.6. The molecule has 1 aliphatic heterocycles. The zero-order valence-electron chi connectivity index (χ0n) is 14.7. The highest BCUT2D eigenvalue weighted by atomic mass is 16.5. The van der Waals surface area contributed by atoms with Gasteiger partial charge in [-0.15, -0.1) is 0 Å². The van der Waals surface area contributed by atoms with Crippen molar-refractivity contribution in [3.63, 3.8) is 0 Å². The van der Waals surface area contributed by atoms with Gasteiger partial charge in [-0.25, -0.2) is 0 Å². The number of hydrogen-bond donors (Lipinski definition) is 1. The monoisotopic (exact) mass is 330 g/mol. The molecule has 2 unspecified atom stereocenters. The molecule has 24 heavy (non-hydrogen) atoms. The summed E-state index contributed by atoms with van der Waals surface area (Å²) in [6.45, 7) is 3.62. The number of nitrogens with zero attached hydrogens (tertiary/aromatic N) is 1. The van der Waals surface area contributed by atoms with Gasteiger partial charge >= 0.3 is 0 Å². The standard InChI is InChI=1S/C20H30N2O2/c1-15(21)16-8-7-13-22(14-16)20(23)18-11-5-6-12-19(18)24-17-9-3-2-4-10-17/h5-6,11-12,15-17H,2-4,7-10,13-14,21H2,1H3. The highest BCUT2D eigenvalue weighted by Crippen LogP contribution is 2.28. The van der Waals surface area contributed by atoms with Gasteiger partial charge < -0.3 is 15.4 Å². The zero-order valence-corrected chi connectivity index (χ0v) is 14.7. The minimum Gasteiger partial charge on any atom is -0.490 e. The number of piperidine rings is 1. The van der Waals surface area contributed by atoms with Crippen LogP contribution in [0, 0.1) is 5.92 Å². The molecule has 1 aliphatic carbocycles. The lowest BCUT2D eigenvalue weighted by Crippen LogP contribution is -2.45. The van der Waals surface area contributed by atoms with Gasteiger partial charge in [0.05, 0.1) is 11.7 Å². The maximum atomic E-state index is 13.0. The first-order valence-electron chi connectivity index (χ1n) is 9.45. The van der Waals surface area contributed by atoms with Gasteiger partial charge in [0.2, 0.25) is 0 Å². The Labute approximate surface area is 145 Å². The van der Waals surface area contributed by atoms with E-state index in [1.165, 1.54) is 19.3 Å². The highest BCUT2D eigenvalue weighted by molar-refractivity contribution is 5.97. The quantitative estimate of drug-likeness (QED) is 0.918. The topological polar surface area (TPSA) is 55.6 Å². The van der Waals surface area contributed by atoms with E-state index in [1.54, 1.807) is 0 Å². The van der Waals surface area contributed by atoms with Crippen LogP contribution in [0.25, 0.3) is 0 Å². The van der Waals surface area contributed by atoms with Crippen LogP contribution < -0.4 is 10.5 Å². The van der Waals surface area contributed by atoms with Crippen LogP contribution in [0.3, 0.4) is 0 Å². The summed E-state index contributed by atoms with van der Waals surface area (Å²) in [5.41, 5.74) is 6.76. The number of nitrogens with two attached hydrogens (primary N) is 1. The Balaban J connectivity index is 1.72. The maximum Gasteiger partial charge on any atom is 0.257 e. The van der Waals surface area contributed by atoms with E-state index in [0.29, 0.717) is 11.5 Å². The molecule has 0 radical (unpaired) electrons. The van der Waals surface area contributed by atoms with E-state index >= 15 is 0 Å². The molecule has 1 aromatic rings. The van der Waals surface area contributed by atoms with Crippen LogP contribution >= 0.6 is 0 Å². The van der Waals surface area contributed by atoms with E-state index in [-0.39, 0.29) is 18.1 Å². The van der Waals surface area contributed by atoms with Crippen molar-refractivity contribution >= 4 is 5.91 Å². The van der Waals surface area contributed by atoms with Gasteiger partial charge in [0.1, 0.15) is 5.75 Å². The summed E-state index contributed by atoms with van der Waals surface area (Å²) in [5.74, 6) is 1.23. The van der Waals surface area contributed by atoms with Crippen LogP contribution in [-0.2, 0) is 0 Å². The molecule has 1 heterocycles. The average molecular weight is 330 g/mol. The van der Waals surface area contributed by atoms with Crippen molar-refractivity contribution < 1.29 is 9.53 Å². The molecule has 0 aromatic heterocycles. The van der Waals surface area contributed by atoms with E-state index in [9.17, 15) is 4.79 Å². The van der Waals surface area contributed by atoms with Crippen LogP contribution in [-0.4, -0.2) is 36.0 Å². The van der Waals surface area contributed by atoms with Gasteiger partial charge in [-0.1, -0.05) is 18.6 Å². The largest absolute Gasteiger partial charge is 0.490 e. The van der Waals surface area contributed by atoms with Gasteiger partial charge in [-0.2, -0.15) is 0 Å². The molecule has 1 saturated heterocycles. The van der Waals surface area contributed by atoms with Crippen LogP contribution in [0.5, 0.6) is 5.75 Å². The predicted molar refractivity (Wildman–Crippen MR) is 96.2 cm³/mol. The Morgan fingerprint density at radius 2 is 1.92 bits per heavy atom. The summed E-state index contributed by atoms with van der Waals surface area (Å²) in [7, 11) is 0. The number of rotatable bonds is 4. The fraction of sp³-hybridized carbons (Fsp3) is 0.650. The van der Waals surface area contributed by atoms with Crippen molar-refractivity contribution in [3.8, 4) is 5.75 Å². The van der Waals surface area contributed by atoms with Crippen LogP contribution in [0.4, 0.5) is 0 Å². The summed E-state index contributed by atoms with van der Waals surface area (Å²) in [6, 6.07) is 7.85. The Morgan fingerprint density at radius 1 is 1.17 bits per heavy atom. The van der Waals surface area contributed by atoms with E-state index in [2.05, 4.69) is 0 Å². The van der Waals surface area contributed by atoms with Crippen molar-refractivity contribution in [2.24, 2.45) is 11.7 Å². The summed E-state index contributed by atoms with van der Waals surface area (Å²) in [4.78, 5) is 15.0. The Bertz CT molecular complexity index is 552. The summed E-state index contributed by atoms with van der Waals surface area (Å²) in [6.07, 6.45) is 8.34. The summed E-state index contributed by atoms with van der Waals surface area (Å²) < 4.78 is 6.20. The Kier molecular flexibility index (Phi) is 5.77.